The van der Waals surface area contributed by atoms with Gasteiger partial charge in [0.15, 0.2) is 0 Å². The first-order valence-corrected chi connectivity index (χ1v) is 32.7. The lowest BCUT2D eigenvalue weighted by Gasteiger charge is -2.14. The van der Waals surface area contributed by atoms with Gasteiger partial charge in [0.2, 0.25) is 0 Å². The van der Waals surface area contributed by atoms with E-state index < -0.39 is 0 Å². The van der Waals surface area contributed by atoms with Gasteiger partial charge in [0.25, 0.3) is 0 Å². The van der Waals surface area contributed by atoms with Gasteiger partial charge < -0.3 is 13.7 Å². The van der Waals surface area contributed by atoms with Crippen molar-refractivity contribution in [3.05, 3.63) is 275 Å². The fourth-order valence-corrected chi connectivity index (χ4v) is 10.9. The van der Waals surface area contributed by atoms with Crippen molar-refractivity contribution in [2.24, 2.45) is 0 Å². The van der Waals surface area contributed by atoms with Crippen molar-refractivity contribution in [3.63, 3.8) is 0 Å². The van der Waals surface area contributed by atoms with Crippen LogP contribution in [0.15, 0.2) is 224 Å². The zero-order valence-corrected chi connectivity index (χ0v) is 56.3. The zero-order valence-electron chi connectivity index (χ0n) is 56.3. The molecule has 0 saturated carbocycles. The van der Waals surface area contributed by atoms with Crippen LogP contribution in [0.25, 0.3) is 65.4 Å². The molecule has 4 heterocycles. The lowest BCUT2D eigenvalue weighted by molar-refractivity contribution is 0.724. The molecule has 0 aliphatic carbocycles. The average Bonchev–Trinajstić information content (AvgIpc) is 1.90. The summed E-state index contributed by atoms with van der Waals surface area (Å²) in [6.45, 7) is 38.9. The molecule has 4 aromatic heterocycles. The van der Waals surface area contributed by atoms with Gasteiger partial charge in [-0.1, -0.05) is 286 Å². The van der Waals surface area contributed by atoms with E-state index in [9.17, 15) is 0 Å². The average molecular weight is 1160 g/mol. The molecule has 0 aliphatic rings. The summed E-state index contributed by atoms with van der Waals surface area (Å²) in [5, 5.41) is 7.55. The highest BCUT2D eigenvalue weighted by Gasteiger charge is 2.17. The first-order chi connectivity index (χ1) is 42.8. The Balaban J connectivity index is 0.000000338. The second kappa shape index (κ2) is 38.5. The minimum absolute atomic E-state index is 0.579. The number of para-hydroxylation sites is 6. The monoisotopic (exact) mass is 1160 g/mol. The van der Waals surface area contributed by atoms with Gasteiger partial charge >= 0.3 is 0 Å². The number of aromatic nitrogens is 5. The third-order valence-corrected chi connectivity index (χ3v) is 14.8. The van der Waals surface area contributed by atoms with Crippen molar-refractivity contribution in [2.75, 3.05) is 0 Å². The van der Waals surface area contributed by atoms with Gasteiger partial charge in [0.05, 0.1) is 31.0 Å². The molecule has 0 unspecified atom stereocenters. The van der Waals surface area contributed by atoms with Crippen LogP contribution in [0, 0.1) is 20.8 Å². The number of benzene rings is 9. The quantitative estimate of drug-likeness (QED) is 0.144. The molecule has 13 aromatic rings. The molecule has 87 heavy (non-hydrogen) atoms. The fourth-order valence-electron chi connectivity index (χ4n) is 10.9. The molecule has 5 nitrogen and oxygen atoms in total. The van der Waals surface area contributed by atoms with E-state index >= 15 is 0 Å². The van der Waals surface area contributed by atoms with Crippen LogP contribution in [0.3, 0.4) is 0 Å². The van der Waals surface area contributed by atoms with Crippen LogP contribution in [0.4, 0.5) is 0 Å². The van der Waals surface area contributed by atoms with E-state index in [4.69, 9.17) is 9.97 Å². The Hall–Kier alpha value is -8.54. The maximum atomic E-state index is 5.30. The highest BCUT2D eigenvalue weighted by Crippen LogP contribution is 2.33. The third-order valence-electron chi connectivity index (χ3n) is 14.8. The summed E-state index contributed by atoms with van der Waals surface area (Å²) in [4.78, 5) is 10.6. The van der Waals surface area contributed by atoms with Crippen LogP contribution in [0.2, 0.25) is 0 Å². The summed E-state index contributed by atoms with van der Waals surface area (Å²) in [6, 6.07) is 79.7. The smallest absolute Gasteiger partial charge is 0.148 e. The standard InChI is InChI=1S/C43H31N5.3C9H12.6C2H6/c1-7-19-37-31(13-1)32-14-2-8-20-38(32)46(37)26-29-25-30(27-47-39-21-9-3-15-33(39)34-16-4-10-22-40(34)47)45-43(44-29)28-48-41-23-11-5-17-35(41)36-18-6-12-24-42(36)48;3*1-3-9-7-5-4-6-8(9)2;6*1-2/h1-25H,26-28H2;3*4-7H,3H2,1-2H3;6*1-2H3. The predicted octanol–water partition coefficient (Wildman–Crippen LogP) is 23.8. The van der Waals surface area contributed by atoms with Crippen LogP contribution in [-0.4, -0.2) is 23.7 Å². The lowest BCUT2D eigenvalue weighted by atomic mass is 10.1. The van der Waals surface area contributed by atoms with E-state index in [2.05, 4.69) is 280 Å². The molecular formula is C82H103N5. The lowest BCUT2D eigenvalue weighted by Crippen LogP contribution is -2.12. The molecule has 9 aromatic carbocycles. The fraction of sp³-hybridized carbons (Fsp3) is 0.293. The van der Waals surface area contributed by atoms with Gasteiger partial charge in [-0.3, -0.25) is 0 Å². The van der Waals surface area contributed by atoms with E-state index in [0.717, 1.165) is 36.5 Å². The number of hydrogen-bond acceptors (Lipinski definition) is 2. The summed E-state index contributed by atoms with van der Waals surface area (Å²) < 4.78 is 7.18. The second-order valence-corrected chi connectivity index (χ2v) is 19.5. The van der Waals surface area contributed by atoms with E-state index in [-0.39, 0.29) is 0 Å². The molecule has 0 aliphatic heterocycles. The molecule has 0 radical (unpaired) electrons. The molecule has 456 valence electrons. The number of rotatable bonds is 9. The Bertz CT molecular complexity index is 3470. The predicted molar refractivity (Wildman–Crippen MR) is 387 cm³/mol. The highest BCUT2D eigenvalue weighted by atomic mass is 15.1. The van der Waals surface area contributed by atoms with Crippen LogP contribution in [-0.2, 0) is 38.9 Å². The van der Waals surface area contributed by atoms with Gasteiger partial charge in [0.1, 0.15) is 5.82 Å². The van der Waals surface area contributed by atoms with E-state index in [1.165, 1.54) is 98.8 Å². The summed E-state index contributed by atoms with van der Waals surface area (Å²) in [7, 11) is 0. The van der Waals surface area contributed by atoms with Gasteiger partial charge in [-0.2, -0.15) is 0 Å². The number of hydrogen-bond donors (Lipinski definition) is 0. The van der Waals surface area contributed by atoms with E-state index in [0.29, 0.717) is 19.6 Å². The molecule has 0 N–H and O–H groups in total. The van der Waals surface area contributed by atoms with Gasteiger partial charge in [0, 0.05) is 65.4 Å². The van der Waals surface area contributed by atoms with E-state index in [1.54, 1.807) is 0 Å². The summed E-state index contributed by atoms with van der Waals surface area (Å²) >= 11 is 0. The molecule has 0 fully saturated rings. The molecule has 0 atom stereocenters. The maximum Gasteiger partial charge on any atom is 0.148 e. The van der Waals surface area contributed by atoms with Crippen molar-refractivity contribution >= 4 is 65.4 Å². The van der Waals surface area contributed by atoms with Gasteiger partial charge in [-0.25, -0.2) is 9.97 Å². The van der Waals surface area contributed by atoms with Gasteiger partial charge in [-0.05, 0) is 116 Å². The normalized spacial score (nSPS) is 10.0. The minimum Gasteiger partial charge on any atom is -0.334 e. The summed E-state index contributed by atoms with van der Waals surface area (Å²) in [5.74, 6) is 0.815. The van der Waals surface area contributed by atoms with Crippen molar-refractivity contribution in [2.45, 2.75) is 164 Å². The molecule has 0 bridgehead atoms. The molecule has 5 heteroatoms. The molecule has 0 amide bonds. The Kier molecular flexibility index (Phi) is 31.4. The summed E-state index contributed by atoms with van der Waals surface area (Å²) in [5.41, 5.74) is 17.8. The van der Waals surface area contributed by atoms with Gasteiger partial charge in [-0.15, -0.1) is 0 Å². The topological polar surface area (TPSA) is 40.6 Å². The number of fused-ring (bicyclic) bond motifs is 9. The molecule has 13 rings (SSSR count). The van der Waals surface area contributed by atoms with Crippen molar-refractivity contribution in [1.82, 2.24) is 23.7 Å². The number of aryl methyl sites for hydroxylation is 6. The maximum absolute atomic E-state index is 5.30. The first kappa shape index (κ1) is 70.9. The van der Waals surface area contributed by atoms with Crippen LogP contribution in [0.5, 0.6) is 0 Å². The Labute approximate surface area is 524 Å². The Morgan fingerprint density at radius 3 is 0.655 bits per heavy atom. The molecule has 0 saturated heterocycles. The zero-order chi connectivity index (χ0) is 63.7. The minimum atomic E-state index is 0.579. The Morgan fingerprint density at radius 1 is 0.253 bits per heavy atom. The highest BCUT2D eigenvalue weighted by molar-refractivity contribution is 6.09. The third kappa shape index (κ3) is 18.0. The SMILES string of the molecule is CC.CC.CC.CC.CC.CC.CCc1ccccc1C.CCc1ccccc1C.CCc1ccccc1C.c1ccc2c(c1)c1ccccc1n2Cc1cc(Cn2c3ccccc3c3ccccc32)nc(Cn2c3ccccc3c3ccccc32)n1. The molecule has 0 spiro atoms. The second-order valence-electron chi connectivity index (χ2n) is 19.5. The van der Waals surface area contributed by atoms with Crippen molar-refractivity contribution in [3.8, 4) is 0 Å². The largest absolute Gasteiger partial charge is 0.334 e. The molecular weight excluding hydrogens is 1050 g/mol. The van der Waals surface area contributed by atoms with Crippen LogP contribution >= 0.6 is 0 Å². The Morgan fingerprint density at radius 2 is 0.448 bits per heavy atom. The van der Waals surface area contributed by atoms with Crippen molar-refractivity contribution < 1.29 is 0 Å². The number of nitrogens with zero attached hydrogens (tertiary/aromatic N) is 5. The van der Waals surface area contributed by atoms with Crippen LogP contribution < -0.4 is 0 Å². The van der Waals surface area contributed by atoms with Crippen molar-refractivity contribution in [1.29, 1.82) is 0 Å². The van der Waals surface area contributed by atoms with E-state index in [1.807, 2.05) is 83.1 Å². The van der Waals surface area contributed by atoms with Crippen LogP contribution in [0.1, 0.15) is 154 Å². The first-order valence-electron chi connectivity index (χ1n) is 32.7. The summed E-state index contributed by atoms with van der Waals surface area (Å²) in [6.07, 6.45) is 3.44.